The van der Waals surface area contributed by atoms with Gasteiger partial charge in [0.15, 0.2) is 6.61 Å². The molecule has 1 rings (SSSR count). The quantitative estimate of drug-likeness (QED) is 0.402. The number of alkyl halides is 4. The fourth-order valence-electron chi connectivity index (χ4n) is 1.09. The van der Waals surface area contributed by atoms with Crippen LogP contribution < -0.4 is 9.47 Å². The Kier molecular flexibility index (Phi) is 6.34. The van der Waals surface area contributed by atoms with Crippen LogP contribution in [0.2, 0.25) is 5.02 Å². The molecule has 0 spiro atoms. The highest BCUT2D eigenvalue weighted by Crippen LogP contribution is 2.30. The number of benzene rings is 1. The maximum absolute atomic E-state index is 12.0. The molecule has 18 heavy (non-hydrogen) atoms. The van der Waals surface area contributed by atoms with E-state index in [1.54, 1.807) is 0 Å². The van der Waals surface area contributed by atoms with Crippen LogP contribution in [0, 0.1) is 0 Å². The van der Waals surface area contributed by atoms with Crippen LogP contribution in [0.1, 0.15) is 6.42 Å². The van der Waals surface area contributed by atoms with E-state index >= 15 is 0 Å². The van der Waals surface area contributed by atoms with E-state index in [1.165, 1.54) is 18.2 Å². The van der Waals surface area contributed by atoms with Crippen LogP contribution in [-0.4, -0.2) is 23.8 Å². The van der Waals surface area contributed by atoms with Crippen molar-refractivity contribution in [1.82, 2.24) is 0 Å². The zero-order chi connectivity index (χ0) is 13.6. The lowest BCUT2D eigenvalue weighted by Crippen LogP contribution is -2.19. The van der Waals surface area contributed by atoms with Gasteiger partial charge in [0, 0.05) is 10.5 Å². The predicted octanol–water partition coefficient (Wildman–Crippen LogP) is 4.49. The minimum Gasteiger partial charge on any atom is -0.492 e. The van der Waals surface area contributed by atoms with Crippen LogP contribution in [0.3, 0.4) is 0 Å². The van der Waals surface area contributed by atoms with Crippen molar-refractivity contribution < 1.29 is 22.6 Å². The molecular formula is C11H11ClF3IO2. The van der Waals surface area contributed by atoms with Crippen molar-refractivity contribution in [3.05, 3.63) is 23.2 Å². The Morgan fingerprint density at radius 1 is 1.22 bits per heavy atom. The van der Waals surface area contributed by atoms with Crippen LogP contribution in [0.15, 0.2) is 18.2 Å². The second-order valence-electron chi connectivity index (χ2n) is 3.39. The molecule has 0 saturated carbocycles. The Balaban J connectivity index is 2.62. The van der Waals surface area contributed by atoms with Gasteiger partial charge in [-0.25, -0.2) is 0 Å². The molecule has 102 valence electrons. The third-order valence-corrected chi connectivity index (χ3v) is 2.92. The van der Waals surface area contributed by atoms with Crippen molar-refractivity contribution >= 4 is 34.2 Å². The molecule has 0 amide bonds. The maximum Gasteiger partial charge on any atom is 0.422 e. The van der Waals surface area contributed by atoms with Crippen LogP contribution in [-0.2, 0) is 0 Å². The number of hydrogen-bond donors (Lipinski definition) is 0. The summed E-state index contributed by atoms with van der Waals surface area (Å²) in [5.41, 5.74) is 0. The fourth-order valence-corrected chi connectivity index (χ4v) is 1.57. The molecule has 0 fully saturated rings. The van der Waals surface area contributed by atoms with Crippen molar-refractivity contribution in [2.75, 3.05) is 17.6 Å². The van der Waals surface area contributed by atoms with Gasteiger partial charge in [0.1, 0.15) is 11.5 Å². The van der Waals surface area contributed by atoms with Gasteiger partial charge in [0.2, 0.25) is 0 Å². The van der Waals surface area contributed by atoms with E-state index in [2.05, 4.69) is 27.3 Å². The first-order chi connectivity index (χ1) is 8.42. The van der Waals surface area contributed by atoms with E-state index in [0.717, 1.165) is 10.8 Å². The SMILES string of the molecule is FC(F)(F)COc1ccc(Cl)c(OCCCI)c1. The van der Waals surface area contributed by atoms with E-state index < -0.39 is 12.8 Å². The molecule has 1 aromatic rings. The summed E-state index contributed by atoms with van der Waals surface area (Å²) < 4.78 is 46.8. The summed E-state index contributed by atoms with van der Waals surface area (Å²) in [6.45, 7) is -0.868. The third kappa shape index (κ3) is 5.99. The Bertz CT molecular complexity index is 385. The third-order valence-electron chi connectivity index (χ3n) is 1.84. The second-order valence-corrected chi connectivity index (χ2v) is 4.87. The molecule has 0 atom stereocenters. The molecule has 0 aliphatic heterocycles. The van der Waals surface area contributed by atoms with Crippen LogP contribution in [0.4, 0.5) is 13.2 Å². The summed E-state index contributed by atoms with van der Waals surface area (Å²) in [6.07, 6.45) is -3.52. The first-order valence-electron chi connectivity index (χ1n) is 5.10. The minimum absolute atomic E-state index is 0.0844. The monoisotopic (exact) mass is 394 g/mol. The molecule has 0 aliphatic rings. The van der Waals surface area contributed by atoms with Gasteiger partial charge in [-0.05, 0) is 18.6 Å². The van der Waals surface area contributed by atoms with Crippen molar-refractivity contribution in [3.8, 4) is 11.5 Å². The average molecular weight is 395 g/mol. The van der Waals surface area contributed by atoms with Gasteiger partial charge in [-0.2, -0.15) is 13.2 Å². The summed E-state index contributed by atoms with van der Waals surface area (Å²) in [5.74, 6) is 0.419. The van der Waals surface area contributed by atoms with Crippen LogP contribution in [0.25, 0.3) is 0 Å². The Morgan fingerprint density at radius 2 is 1.94 bits per heavy atom. The standard InChI is InChI=1S/C11H11ClF3IO2/c12-9-3-2-8(18-7-11(13,14)15)6-10(9)17-5-1-4-16/h2-3,6H,1,4-5,7H2. The lowest BCUT2D eigenvalue weighted by atomic mass is 10.3. The van der Waals surface area contributed by atoms with Crippen molar-refractivity contribution in [1.29, 1.82) is 0 Å². The first kappa shape index (κ1) is 15.7. The van der Waals surface area contributed by atoms with E-state index in [9.17, 15) is 13.2 Å². The summed E-state index contributed by atoms with van der Waals surface area (Å²) in [4.78, 5) is 0. The molecule has 0 bridgehead atoms. The molecule has 0 aromatic heterocycles. The summed E-state index contributed by atoms with van der Waals surface area (Å²) in [5, 5.41) is 0.350. The molecule has 0 N–H and O–H groups in total. The Morgan fingerprint density at radius 3 is 2.56 bits per heavy atom. The first-order valence-corrected chi connectivity index (χ1v) is 7.00. The van der Waals surface area contributed by atoms with Crippen molar-refractivity contribution in [2.24, 2.45) is 0 Å². The predicted molar refractivity (Wildman–Crippen MR) is 72.0 cm³/mol. The van der Waals surface area contributed by atoms with Gasteiger partial charge in [-0.3, -0.25) is 0 Å². The normalized spacial score (nSPS) is 11.4. The highest BCUT2D eigenvalue weighted by Gasteiger charge is 2.28. The van der Waals surface area contributed by atoms with Crippen LogP contribution in [0.5, 0.6) is 11.5 Å². The van der Waals surface area contributed by atoms with Gasteiger partial charge in [0.05, 0.1) is 11.6 Å². The number of hydrogen-bond acceptors (Lipinski definition) is 2. The lowest BCUT2D eigenvalue weighted by molar-refractivity contribution is -0.153. The smallest absolute Gasteiger partial charge is 0.422 e. The summed E-state index contributed by atoms with van der Waals surface area (Å²) >= 11 is 8.07. The van der Waals surface area contributed by atoms with Gasteiger partial charge in [-0.1, -0.05) is 34.2 Å². The number of ether oxygens (including phenoxy) is 2. The molecule has 0 unspecified atom stereocenters. The minimum atomic E-state index is -4.36. The maximum atomic E-state index is 12.0. The Labute approximate surface area is 122 Å². The molecule has 1 aromatic carbocycles. The van der Waals surface area contributed by atoms with Crippen molar-refractivity contribution in [3.63, 3.8) is 0 Å². The lowest BCUT2D eigenvalue weighted by Gasteiger charge is -2.12. The molecule has 2 nitrogen and oxygen atoms in total. The zero-order valence-corrected chi connectivity index (χ0v) is 12.2. The summed E-state index contributed by atoms with van der Waals surface area (Å²) in [7, 11) is 0. The number of halogens is 5. The zero-order valence-electron chi connectivity index (χ0n) is 9.27. The molecular weight excluding hydrogens is 383 g/mol. The highest BCUT2D eigenvalue weighted by atomic mass is 127. The topological polar surface area (TPSA) is 18.5 Å². The van der Waals surface area contributed by atoms with Gasteiger partial charge in [0.25, 0.3) is 0 Å². The molecule has 0 radical (unpaired) electrons. The van der Waals surface area contributed by atoms with E-state index in [1.807, 2.05) is 0 Å². The van der Waals surface area contributed by atoms with E-state index in [0.29, 0.717) is 17.4 Å². The summed E-state index contributed by atoms with van der Waals surface area (Å²) in [6, 6.07) is 4.19. The van der Waals surface area contributed by atoms with Gasteiger partial charge in [-0.15, -0.1) is 0 Å². The van der Waals surface area contributed by atoms with Gasteiger partial charge < -0.3 is 9.47 Å². The molecule has 0 aliphatic carbocycles. The Hall–Kier alpha value is -0.370. The number of rotatable bonds is 6. The fraction of sp³-hybridized carbons (Fsp3) is 0.455. The molecule has 0 saturated heterocycles. The van der Waals surface area contributed by atoms with E-state index in [4.69, 9.17) is 16.3 Å². The van der Waals surface area contributed by atoms with E-state index in [-0.39, 0.29) is 5.75 Å². The van der Waals surface area contributed by atoms with Crippen molar-refractivity contribution in [2.45, 2.75) is 12.6 Å². The second kappa shape index (κ2) is 7.28. The highest BCUT2D eigenvalue weighted by molar-refractivity contribution is 14.1. The molecule has 0 heterocycles. The molecule has 7 heteroatoms. The largest absolute Gasteiger partial charge is 0.492 e. The van der Waals surface area contributed by atoms with Gasteiger partial charge >= 0.3 is 6.18 Å². The van der Waals surface area contributed by atoms with Crippen LogP contribution >= 0.6 is 34.2 Å². The average Bonchev–Trinajstić information content (AvgIpc) is 2.29.